The summed E-state index contributed by atoms with van der Waals surface area (Å²) in [6.45, 7) is 9.90. The Balaban J connectivity index is 2.81. The molecule has 0 unspecified atom stereocenters. The van der Waals surface area contributed by atoms with Gasteiger partial charge in [-0.2, -0.15) is 4.99 Å². The molecular formula is C19H19NO. The summed E-state index contributed by atoms with van der Waals surface area (Å²) in [7, 11) is 0. The predicted octanol–water partition coefficient (Wildman–Crippen LogP) is 4.96. The molecule has 0 aliphatic carbocycles. The topological polar surface area (TPSA) is 29.4 Å². The lowest BCUT2D eigenvalue weighted by Crippen LogP contribution is -2.15. The molecule has 0 fully saturated rings. The lowest BCUT2D eigenvalue weighted by atomic mass is 9.83. The highest BCUT2D eigenvalue weighted by Crippen LogP contribution is 2.38. The van der Waals surface area contributed by atoms with Gasteiger partial charge in [0, 0.05) is 0 Å². The monoisotopic (exact) mass is 277 g/mol. The van der Waals surface area contributed by atoms with E-state index in [0.29, 0.717) is 0 Å². The van der Waals surface area contributed by atoms with Gasteiger partial charge in [-0.05, 0) is 43.0 Å². The minimum atomic E-state index is -0.627. The van der Waals surface area contributed by atoms with Crippen LogP contribution in [0.1, 0.15) is 31.9 Å². The van der Waals surface area contributed by atoms with E-state index in [1.54, 1.807) is 6.08 Å². The number of isocyanates is 1. The lowest BCUT2D eigenvalue weighted by Gasteiger charge is -2.24. The molecule has 0 spiro atoms. The van der Waals surface area contributed by atoms with E-state index in [1.807, 2.05) is 51.1 Å². The molecule has 106 valence electrons. The van der Waals surface area contributed by atoms with Crippen LogP contribution in [0.15, 0.2) is 60.1 Å². The average Bonchev–Trinajstić information content (AvgIpc) is 2.47. The second-order valence-corrected chi connectivity index (χ2v) is 5.64. The molecule has 2 nitrogen and oxygen atoms in total. The Kier molecular flexibility index (Phi) is 4.21. The molecule has 0 radical (unpaired) electrons. The molecule has 0 atom stereocenters. The molecule has 0 N–H and O–H groups in total. The van der Waals surface area contributed by atoms with Gasteiger partial charge in [-0.3, -0.25) is 0 Å². The van der Waals surface area contributed by atoms with Crippen LogP contribution < -0.4 is 0 Å². The van der Waals surface area contributed by atoms with Crippen molar-refractivity contribution in [2.75, 3.05) is 0 Å². The van der Waals surface area contributed by atoms with Gasteiger partial charge in [-0.15, -0.1) is 0 Å². The first-order valence-electron chi connectivity index (χ1n) is 6.91. The second-order valence-electron chi connectivity index (χ2n) is 5.64. The number of allylic oxidation sites excluding steroid dienone is 1. The summed E-state index contributed by atoms with van der Waals surface area (Å²) < 4.78 is 0. The van der Waals surface area contributed by atoms with Gasteiger partial charge in [0.15, 0.2) is 0 Å². The average molecular weight is 277 g/mol. The third-order valence-electron chi connectivity index (χ3n) is 3.57. The zero-order valence-corrected chi connectivity index (χ0v) is 12.7. The normalized spacial score (nSPS) is 10.8. The van der Waals surface area contributed by atoms with Crippen molar-refractivity contribution >= 4 is 11.7 Å². The maximum absolute atomic E-state index is 10.8. The molecule has 2 aromatic rings. The maximum Gasteiger partial charge on any atom is 0.235 e. The standard InChI is InChI=1S/C19H19NO/c1-14(2)16-11-8-12-17(19(3,4)20-13-21)18(16)15-9-6-5-7-10-15/h5-12H,1H2,2-4H3. The van der Waals surface area contributed by atoms with E-state index in [-0.39, 0.29) is 0 Å². The van der Waals surface area contributed by atoms with Crippen LogP contribution >= 0.6 is 0 Å². The largest absolute Gasteiger partial charge is 0.235 e. The molecule has 0 heterocycles. The zero-order valence-electron chi connectivity index (χ0n) is 12.7. The maximum atomic E-state index is 10.8. The highest BCUT2D eigenvalue weighted by molar-refractivity contribution is 5.83. The Labute approximate surface area is 125 Å². The van der Waals surface area contributed by atoms with Crippen molar-refractivity contribution in [3.05, 3.63) is 66.2 Å². The van der Waals surface area contributed by atoms with Gasteiger partial charge in [0.1, 0.15) is 0 Å². The molecule has 2 heteroatoms. The number of aliphatic imine (C=N–C) groups is 1. The smallest absolute Gasteiger partial charge is 0.211 e. The summed E-state index contributed by atoms with van der Waals surface area (Å²) >= 11 is 0. The van der Waals surface area contributed by atoms with Crippen molar-refractivity contribution in [1.29, 1.82) is 0 Å². The summed E-state index contributed by atoms with van der Waals surface area (Å²) in [5.41, 5.74) is 4.61. The third-order valence-corrected chi connectivity index (χ3v) is 3.57. The van der Waals surface area contributed by atoms with Crippen molar-refractivity contribution in [1.82, 2.24) is 0 Å². The van der Waals surface area contributed by atoms with Crippen LogP contribution in [0, 0.1) is 0 Å². The van der Waals surface area contributed by atoms with Crippen molar-refractivity contribution in [2.45, 2.75) is 26.3 Å². The fraction of sp³-hybridized carbons (Fsp3) is 0.211. The molecule has 2 rings (SSSR count). The third kappa shape index (κ3) is 3.01. The van der Waals surface area contributed by atoms with Crippen molar-refractivity contribution in [3.63, 3.8) is 0 Å². The number of hydrogen-bond acceptors (Lipinski definition) is 2. The fourth-order valence-electron chi connectivity index (χ4n) is 2.51. The fourth-order valence-corrected chi connectivity index (χ4v) is 2.51. The van der Waals surface area contributed by atoms with Crippen LogP contribution in [0.25, 0.3) is 16.7 Å². The molecule has 21 heavy (non-hydrogen) atoms. The first-order valence-corrected chi connectivity index (χ1v) is 6.91. The Bertz CT molecular complexity index is 708. The molecule has 0 aromatic heterocycles. The van der Waals surface area contributed by atoms with Crippen LogP contribution in [0.5, 0.6) is 0 Å². The second kappa shape index (κ2) is 5.90. The summed E-state index contributed by atoms with van der Waals surface area (Å²) in [5, 5.41) is 0. The SMILES string of the molecule is C=C(C)c1cccc(C(C)(C)N=C=O)c1-c1ccccc1. The van der Waals surface area contributed by atoms with Crippen LogP contribution in [0.4, 0.5) is 0 Å². The molecule has 0 amide bonds. The van der Waals surface area contributed by atoms with Crippen LogP contribution in [-0.4, -0.2) is 6.08 Å². The Hall–Kier alpha value is -2.44. The first-order chi connectivity index (χ1) is 9.97. The Morgan fingerprint density at radius 3 is 2.33 bits per heavy atom. The summed E-state index contributed by atoms with van der Waals surface area (Å²) in [6.07, 6.45) is 1.69. The Morgan fingerprint density at radius 1 is 1.10 bits per heavy atom. The molecule has 0 aliphatic heterocycles. The van der Waals surface area contributed by atoms with E-state index >= 15 is 0 Å². The molecule has 2 aromatic carbocycles. The summed E-state index contributed by atoms with van der Waals surface area (Å²) in [4.78, 5) is 14.7. The van der Waals surface area contributed by atoms with Gasteiger partial charge in [0.25, 0.3) is 0 Å². The molecule has 0 saturated heterocycles. The van der Waals surface area contributed by atoms with E-state index in [4.69, 9.17) is 0 Å². The molecule has 0 bridgehead atoms. The molecule has 0 saturated carbocycles. The summed E-state index contributed by atoms with van der Waals surface area (Å²) in [6, 6.07) is 16.2. The number of hydrogen-bond donors (Lipinski definition) is 0. The van der Waals surface area contributed by atoms with Crippen molar-refractivity contribution < 1.29 is 4.79 Å². The van der Waals surface area contributed by atoms with Crippen LogP contribution in [0.2, 0.25) is 0 Å². The van der Waals surface area contributed by atoms with Gasteiger partial charge in [0.05, 0.1) is 5.54 Å². The number of nitrogens with zero attached hydrogens (tertiary/aromatic N) is 1. The highest BCUT2D eigenvalue weighted by Gasteiger charge is 2.25. The minimum absolute atomic E-state index is 0.627. The molecule has 0 aliphatic rings. The predicted molar refractivity (Wildman–Crippen MR) is 87.7 cm³/mol. The van der Waals surface area contributed by atoms with E-state index in [0.717, 1.165) is 27.8 Å². The zero-order chi connectivity index (χ0) is 15.5. The van der Waals surface area contributed by atoms with Crippen LogP contribution in [-0.2, 0) is 10.3 Å². The van der Waals surface area contributed by atoms with E-state index < -0.39 is 5.54 Å². The van der Waals surface area contributed by atoms with E-state index in [9.17, 15) is 4.79 Å². The van der Waals surface area contributed by atoms with E-state index in [1.165, 1.54) is 0 Å². The van der Waals surface area contributed by atoms with E-state index in [2.05, 4.69) is 29.8 Å². The lowest BCUT2D eigenvalue weighted by molar-refractivity contribution is 0.523. The van der Waals surface area contributed by atoms with Crippen molar-refractivity contribution in [3.8, 4) is 11.1 Å². The van der Waals surface area contributed by atoms with Gasteiger partial charge < -0.3 is 0 Å². The van der Waals surface area contributed by atoms with Gasteiger partial charge >= 0.3 is 0 Å². The first kappa shape index (κ1) is 15.0. The minimum Gasteiger partial charge on any atom is -0.211 e. The van der Waals surface area contributed by atoms with Gasteiger partial charge in [-0.1, -0.05) is 60.7 Å². The Morgan fingerprint density at radius 2 is 1.76 bits per heavy atom. The van der Waals surface area contributed by atoms with Crippen LogP contribution in [0.3, 0.4) is 0 Å². The quantitative estimate of drug-likeness (QED) is 0.574. The van der Waals surface area contributed by atoms with Gasteiger partial charge in [-0.25, -0.2) is 4.79 Å². The summed E-state index contributed by atoms with van der Waals surface area (Å²) in [5.74, 6) is 0. The van der Waals surface area contributed by atoms with Crippen molar-refractivity contribution in [2.24, 2.45) is 4.99 Å². The number of rotatable bonds is 4. The van der Waals surface area contributed by atoms with Gasteiger partial charge in [0.2, 0.25) is 6.08 Å². The molecular weight excluding hydrogens is 258 g/mol. The highest BCUT2D eigenvalue weighted by atomic mass is 16.1. The number of carbonyl (C=O) groups excluding carboxylic acids is 1. The number of benzene rings is 2.